The summed E-state index contributed by atoms with van der Waals surface area (Å²) in [5, 5.41) is 0. The minimum Gasteiger partial charge on any atom is -0.298 e. The lowest BCUT2D eigenvalue weighted by Crippen LogP contribution is -2.47. The van der Waals surface area contributed by atoms with Crippen LogP contribution in [-0.2, 0) is 9.84 Å². The Hall–Kier alpha value is -1.27. The van der Waals surface area contributed by atoms with Gasteiger partial charge in [-0.25, -0.2) is 12.8 Å². The van der Waals surface area contributed by atoms with Crippen LogP contribution < -0.4 is 0 Å². The number of carbonyl (C=O) groups is 1. The molecule has 1 aromatic carbocycles. The second-order valence-corrected chi connectivity index (χ2v) is 7.41. The number of carbonyl (C=O) groups excluding carboxylic acids is 1. The smallest absolute Gasteiger partial charge is 0.164 e. The highest BCUT2D eigenvalue weighted by atomic mass is 32.2. The van der Waals surface area contributed by atoms with Crippen LogP contribution in [0.5, 0.6) is 0 Å². The number of hydrogen-bond acceptors (Lipinski definition) is 4. The third-order valence-corrected chi connectivity index (χ3v) is 5.40. The van der Waals surface area contributed by atoms with Crippen molar-refractivity contribution in [2.75, 3.05) is 24.6 Å². The van der Waals surface area contributed by atoms with Crippen molar-refractivity contribution in [3.63, 3.8) is 0 Å². The van der Waals surface area contributed by atoms with Crippen LogP contribution >= 0.6 is 0 Å². The molecule has 6 heteroatoms. The molecule has 1 heterocycles. The van der Waals surface area contributed by atoms with E-state index in [0.717, 1.165) is 0 Å². The first-order valence-electron chi connectivity index (χ1n) is 6.60. The van der Waals surface area contributed by atoms with Crippen molar-refractivity contribution in [2.24, 2.45) is 0 Å². The van der Waals surface area contributed by atoms with E-state index in [1.54, 1.807) is 0 Å². The molecule has 1 atom stereocenters. The van der Waals surface area contributed by atoms with Crippen LogP contribution in [0.2, 0.25) is 0 Å². The fourth-order valence-corrected chi connectivity index (χ4v) is 4.02. The number of rotatable bonds is 4. The summed E-state index contributed by atoms with van der Waals surface area (Å²) in [6.45, 7) is 2.87. The van der Waals surface area contributed by atoms with Gasteiger partial charge in [-0.2, -0.15) is 0 Å². The Bertz CT molecular complexity index is 583. The third kappa shape index (κ3) is 3.86. The fraction of sp³-hybridized carbons (Fsp3) is 0.500. The summed E-state index contributed by atoms with van der Waals surface area (Å²) in [5.41, 5.74) is 0.490. The van der Waals surface area contributed by atoms with Crippen LogP contribution in [0.3, 0.4) is 0 Å². The summed E-state index contributed by atoms with van der Waals surface area (Å²) in [5.74, 6) is -0.109. The van der Waals surface area contributed by atoms with E-state index < -0.39 is 9.84 Å². The Morgan fingerprint density at radius 1 is 1.35 bits per heavy atom. The summed E-state index contributed by atoms with van der Waals surface area (Å²) in [6, 6.07) is 5.42. The average molecular weight is 299 g/mol. The molecule has 0 N–H and O–H groups in total. The molecule has 0 amide bonds. The van der Waals surface area contributed by atoms with Gasteiger partial charge in [0.15, 0.2) is 15.6 Å². The van der Waals surface area contributed by atoms with Gasteiger partial charge < -0.3 is 0 Å². The molecule has 110 valence electrons. The Balaban J connectivity index is 1.89. The predicted octanol–water partition coefficient (Wildman–Crippen LogP) is 1.52. The van der Waals surface area contributed by atoms with Crippen molar-refractivity contribution >= 4 is 15.6 Å². The predicted molar refractivity (Wildman–Crippen MR) is 75.0 cm³/mol. The molecule has 0 aromatic heterocycles. The first-order valence-corrected chi connectivity index (χ1v) is 8.43. The Morgan fingerprint density at radius 3 is 2.60 bits per heavy atom. The normalized spacial score (nSPS) is 22.6. The standard InChI is InChI=1S/C14H18FNO3S/c1-11-10-20(18,19)9-8-16(11)7-6-14(17)12-2-4-13(15)5-3-12/h2-5,11H,6-10H2,1H3. The van der Waals surface area contributed by atoms with Crippen LogP contribution in [0.4, 0.5) is 4.39 Å². The van der Waals surface area contributed by atoms with Gasteiger partial charge >= 0.3 is 0 Å². The molecule has 0 bridgehead atoms. The van der Waals surface area contributed by atoms with Crippen LogP contribution in [0.1, 0.15) is 23.7 Å². The maximum absolute atomic E-state index is 12.8. The molecule has 0 aliphatic carbocycles. The topological polar surface area (TPSA) is 54.5 Å². The zero-order chi connectivity index (χ0) is 14.8. The number of nitrogens with zero attached hydrogens (tertiary/aromatic N) is 1. The first kappa shape index (κ1) is 15.1. The van der Waals surface area contributed by atoms with E-state index in [9.17, 15) is 17.6 Å². The molecule has 0 spiro atoms. The summed E-state index contributed by atoms with van der Waals surface area (Å²) in [4.78, 5) is 14.0. The van der Waals surface area contributed by atoms with Gasteiger partial charge in [-0.1, -0.05) is 0 Å². The molecule has 1 unspecified atom stereocenters. The molecule has 0 radical (unpaired) electrons. The SMILES string of the molecule is CC1CS(=O)(=O)CCN1CCC(=O)c1ccc(F)cc1. The number of benzene rings is 1. The van der Waals surface area contributed by atoms with E-state index in [1.807, 2.05) is 11.8 Å². The van der Waals surface area contributed by atoms with Crippen LogP contribution in [0, 0.1) is 5.82 Å². The van der Waals surface area contributed by atoms with Crippen molar-refractivity contribution in [2.45, 2.75) is 19.4 Å². The molecule has 4 nitrogen and oxygen atoms in total. The zero-order valence-corrected chi connectivity index (χ0v) is 12.2. The van der Waals surface area contributed by atoms with Gasteiger partial charge in [0.25, 0.3) is 0 Å². The van der Waals surface area contributed by atoms with Gasteiger partial charge in [0.2, 0.25) is 0 Å². The average Bonchev–Trinajstić information content (AvgIpc) is 2.37. The molecule has 1 fully saturated rings. The molecule has 1 saturated heterocycles. The number of halogens is 1. The molecule has 20 heavy (non-hydrogen) atoms. The van der Waals surface area contributed by atoms with Gasteiger partial charge in [-0.15, -0.1) is 0 Å². The van der Waals surface area contributed by atoms with E-state index in [2.05, 4.69) is 0 Å². The first-order chi connectivity index (χ1) is 9.37. The van der Waals surface area contributed by atoms with Crippen molar-refractivity contribution in [3.8, 4) is 0 Å². The maximum Gasteiger partial charge on any atom is 0.164 e. The van der Waals surface area contributed by atoms with E-state index in [4.69, 9.17) is 0 Å². The van der Waals surface area contributed by atoms with Crippen molar-refractivity contribution in [1.29, 1.82) is 0 Å². The van der Waals surface area contributed by atoms with Crippen molar-refractivity contribution in [3.05, 3.63) is 35.6 Å². The number of Topliss-reactive ketones (excluding diaryl/α,β-unsaturated/α-hetero) is 1. The highest BCUT2D eigenvalue weighted by molar-refractivity contribution is 7.91. The molecular formula is C14H18FNO3S. The number of sulfone groups is 1. The number of hydrogen-bond donors (Lipinski definition) is 0. The quantitative estimate of drug-likeness (QED) is 0.791. The fourth-order valence-electron chi connectivity index (χ4n) is 2.39. The summed E-state index contributed by atoms with van der Waals surface area (Å²) >= 11 is 0. The van der Waals surface area contributed by atoms with Crippen LogP contribution in [-0.4, -0.2) is 49.7 Å². The van der Waals surface area contributed by atoms with Crippen LogP contribution in [0.25, 0.3) is 0 Å². The molecule has 2 rings (SSSR count). The summed E-state index contributed by atoms with van der Waals surface area (Å²) < 4.78 is 35.7. The van der Waals surface area contributed by atoms with Gasteiger partial charge in [0.1, 0.15) is 5.82 Å². The van der Waals surface area contributed by atoms with E-state index in [1.165, 1.54) is 24.3 Å². The molecule has 1 aromatic rings. The van der Waals surface area contributed by atoms with E-state index in [-0.39, 0.29) is 29.1 Å². The lowest BCUT2D eigenvalue weighted by molar-refractivity contribution is 0.0957. The van der Waals surface area contributed by atoms with Crippen molar-refractivity contribution in [1.82, 2.24) is 4.90 Å². The largest absolute Gasteiger partial charge is 0.298 e. The third-order valence-electron chi connectivity index (χ3n) is 3.60. The second kappa shape index (κ2) is 6.01. The Labute approximate surface area is 118 Å². The summed E-state index contributed by atoms with van der Waals surface area (Å²) in [6.07, 6.45) is 0.315. The highest BCUT2D eigenvalue weighted by Gasteiger charge is 2.28. The zero-order valence-electron chi connectivity index (χ0n) is 11.4. The maximum atomic E-state index is 12.8. The highest BCUT2D eigenvalue weighted by Crippen LogP contribution is 2.13. The van der Waals surface area contributed by atoms with E-state index >= 15 is 0 Å². The summed E-state index contributed by atoms with van der Waals surface area (Å²) in [7, 11) is -2.93. The van der Waals surface area contributed by atoms with Gasteiger partial charge in [0, 0.05) is 31.1 Å². The molecule has 0 saturated carbocycles. The van der Waals surface area contributed by atoms with Gasteiger partial charge in [-0.05, 0) is 31.2 Å². The second-order valence-electron chi connectivity index (χ2n) is 5.18. The van der Waals surface area contributed by atoms with Crippen LogP contribution in [0.15, 0.2) is 24.3 Å². The van der Waals surface area contributed by atoms with Crippen molar-refractivity contribution < 1.29 is 17.6 Å². The lowest BCUT2D eigenvalue weighted by atomic mass is 10.1. The van der Waals surface area contributed by atoms with Gasteiger partial charge in [-0.3, -0.25) is 9.69 Å². The Kier molecular flexibility index (Phi) is 4.55. The minimum atomic E-state index is -2.93. The molecule has 1 aliphatic heterocycles. The molecular weight excluding hydrogens is 281 g/mol. The number of ketones is 1. The monoisotopic (exact) mass is 299 g/mol. The molecule has 1 aliphatic rings. The van der Waals surface area contributed by atoms with Gasteiger partial charge in [0.05, 0.1) is 11.5 Å². The Morgan fingerprint density at radius 2 is 2.00 bits per heavy atom. The van der Waals surface area contributed by atoms with E-state index in [0.29, 0.717) is 25.1 Å². The lowest BCUT2D eigenvalue weighted by Gasteiger charge is -2.32. The minimum absolute atomic E-state index is 0.0503.